The summed E-state index contributed by atoms with van der Waals surface area (Å²) < 4.78 is 2.48. The Morgan fingerprint density at radius 1 is 1.05 bits per heavy atom. The Balaban J connectivity index is 0.000000211. The molecule has 4 N–H and O–H groups in total. The van der Waals surface area contributed by atoms with Crippen LogP contribution in [-0.4, -0.2) is 17.2 Å². The highest BCUT2D eigenvalue weighted by Crippen LogP contribution is 2.20. The zero-order valence-corrected chi connectivity index (χ0v) is 15.4. The summed E-state index contributed by atoms with van der Waals surface area (Å²) in [5.74, 6) is -0.295. The van der Waals surface area contributed by atoms with Gasteiger partial charge in [0.05, 0.1) is 0 Å². The molecule has 2 aromatic rings. The number of carbonyl (C=O) groups excluding carboxylic acids is 1. The maximum Gasteiger partial charge on any atom is 0.248 e. The number of amides is 1. The van der Waals surface area contributed by atoms with Crippen molar-refractivity contribution in [2.45, 2.75) is 0 Å². The minimum absolute atomic E-state index is 0.129. The van der Waals surface area contributed by atoms with Crippen LogP contribution >= 0.6 is 47.8 Å². The second kappa shape index (κ2) is 8.31. The summed E-state index contributed by atoms with van der Waals surface area (Å²) >= 11 is 9.68. The third-order valence-corrected chi connectivity index (χ3v) is 3.70. The van der Waals surface area contributed by atoms with Crippen molar-refractivity contribution in [3.05, 3.63) is 60.9 Å². The van der Waals surface area contributed by atoms with Crippen LogP contribution in [0.25, 0.3) is 0 Å². The molecule has 21 heavy (non-hydrogen) atoms. The van der Waals surface area contributed by atoms with E-state index in [0.717, 1.165) is 19.6 Å². The fraction of sp³-hybridized carbons (Fsp3) is 0. The van der Waals surface area contributed by atoms with Gasteiger partial charge in [0.25, 0.3) is 0 Å². The third-order valence-electron chi connectivity index (χ3n) is 2.30. The summed E-state index contributed by atoms with van der Waals surface area (Å²) in [7, 11) is 0. The first-order chi connectivity index (χ1) is 9.83. The maximum atomic E-state index is 10.7. The van der Waals surface area contributed by atoms with Crippen LogP contribution in [0.1, 0.15) is 15.9 Å². The number of phenolic OH excluding ortho intramolecular Hbond substituents is 1. The molecule has 1 amide bonds. The average molecular weight is 479 g/mol. The highest BCUT2D eigenvalue weighted by molar-refractivity contribution is 9.11. The van der Waals surface area contributed by atoms with Gasteiger partial charge in [-0.3, -0.25) is 4.79 Å². The fourth-order valence-corrected chi connectivity index (χ4v) is 2.98. The van der Waals surface area contributed by atoms with Crippen molar-refractivity contribution in [1.82, 2.24) is 0 Å². The number of primary amides is 1. The van der Waals surface area contributed by atoms with Crippen molar-refractivity contribution >= 4 is 59.9 Å². The zero-order chi connectivity index (χ0) is 16.0. The lowest BCUT2D eigenvalue weighted by atomic mass is 10.2. The first-order valence-corrected chi connectivity index (χ1v) is 7.96. The minimum Gasteiger partial charge on any atom is -0.507 e. The van der Waals surface area contributed by atoms with Gasteiger partial charge in [0.15, 0.2) is 0 Å². The normalized spacial score (nSPS) is 9.48. The Hall–Kier alpha value is -1.18. The lowest BCUT2D eigenvalue weighted by molar-refractivity contribution is 0.1000. The number of hydrogen-bond acceptors (Lipinski definition) is 3. The highest BCUT2D eigenvalue weighted by Gasteiger charge is 2.01. The Morgan fingerprint density at radius 2 is 1.62 bits per heavy atom. The molecular formula is C14H11Br3N2O2. The van der Waals surface area contributed by atoms with Crippen LogP contribution in [-0.2, 0) is 0 Å². The van der Waals surface area contributed by atoms with E-state index in [1.807, 2.05) is 6.07 Å². The summed E-state index contributed by atoms with van der Waals surface area (Å²) in [6, 6.07) is 10.2. The molecule has 0 aliphatic carbocycles. The van der Waals surface area contributed by atoms with Gasteiger partial charge < -0.3 is 16.2 Å². The van der Waals surface area contributed by atoms with E-state index in [-0.39, 0.29) is 5.75 Å². The van der Waals surface area contributed by atoms with Gasteiger partial charge in [-0.2, -0.15) is 0 Å². The van der Waals surface area contributed by atoms with Gasteiger partial charge in [-0.05, 0) is 36.4 Å². The molecule has 4 nitrogen and oxygen atoms in total. The van der Waals surface area contributed by atoms with Gasteiger partial charge in [-0.1, -0.05) is 47.8 Å². The molecule has 0 bridgehead atoms. The number of hydrogen-bond donors (Lipinski definition) is 3. The lowest BCUT2D eigenvalue weighted by Gasteiger charge is -1.97. The van der Waals surface area contributed by atoms with Crippen LogP contribution < -0.4 is 5.73 Å². The second-order valence-electron chi connectivity index (χ2n) is 3.87. The summed E-state index contributed by atoms with van der Waals surface area (Å²) in [6.45, 7) is 0. The van der Waals surface area contributed by atoms with Crippen LogP contribution in [0.2, 0.25) is 0 Å². The Labute approximate surface area is 147 Å². The van der Waals surface area contributed by atoms with Crippen molar-refractivity contribution in [3.8, 4) is 5.75 Å². The molecule has 2 aromatic carbocycles. The molecule has 0 fully saturated rings. The number of rotatable bonds is 2. The van der Waals surface area contributed by atoms with Gasteiger partial charge in [-0.15, -0.1) is 0 Å². The largest absolute Gasteiger partial charge is 0.507 e. The van der Waals surface area contributed by atoms with Gasteiger partial charge in [0, 0.05) is 30.8 Å². The summed E-state index contributed by atoms with van der Waals surface area (Å²) in [5.41, 5.74) is 6.09. The molecule has 0 aromatic heterocycles. The number of halogens is 3. The molecular weight excluding hydrogens is 468 g/mol. The summed E-state index contributed by atoms with van der Waals surface area (Å²) in [4.78, 5) is 10.7. The van der Waals surface area contributed by atoms with Crippen molar-refractivity contribution in [1.29, 1.82) is 5.41 Å². The standard InChI is InChI=1S/C7H5Br2NO.C7H6BrNO/c8-5-1-4(7(10)11)2-6(9)3-5;8-6-2-1-5(4-9)7(10)3-6/h1-3H,(H2,10,11);1-4,9-10H. The number of aromatic hydroxyl groups is 1. The predicted octanol–water partition coefficient (Wildman–Crippen LogP) is 4.46. The molecule has 2 rings (SSSR count). The monoisotopic (exact) mass is 476 g/mol. The molecule has 0 saturated heterocycles. The van der Waals surface area contributed by atoms with Crippen molar-refractivity contribution in [2.24, 2.45) is 5.73 Å². The predicted molar refractivity (Wildman–Crippen MR) is 94.1 cm³/mol. The molecule has 0 atom stereocenters. The van der Waals surface area contributed by atoms with E-state index in [1.54, 1.807) is 30.3 Å². The maximum absolute atomic E-state index is 10.7. The van der Waals surface area contributed by atoms with Crippen molar-refractivity contribution in [2.75, 3.05) is 0 Å². The highest BCUT2D eigenvalue weighted by atomic mass is 79.9. The fourth-order valence-electron chi connectivity index (χ4n) is 1.33. The molecule has 0 aliphatic heterocycles. The number of nitrogens with two attached hydrogens (primary N) is 1. The van der Waals surface area contributed by atoms with Crippen LogP contribution in [0.15, 0.2) is 49.8 Å². The van der Waals surface area contributed by atoms with Crippen molar-refractivity contribution < 1.29 is 9.90 Å². The number of nitrogens with one attached hydrogen (secondary N) is 1. The third kappa shape index (κ3) is 5.99. The lowest BCUT2D eigenvalue weighted by Crippen LogP contribution is -2.10. The average Bonchev–Trinajstić information content (AvgIpc) is 2.38. The van der Waals surface area contributed by atoms with Gasteiger partial charge in [-0.25, -0.2) is 0 Å². The molecule has 0 radical (unpaired) electrons. The molecule has 110 valence electrons. The molecule has 0 saturated carbocycles. The Kier molecular flexibility index (Phi) is 7.07. The molecule has 0 unspecified atom stereocenters. The molecule has 7 heteroatoms. The Bertz CT molecular complexity index is 655. The second-order valence-corrected chi connectivity index (χ2v) is 6.62. The quantitative estimate of drug-likeness (QED) is 0.556. The minimum atomic E-state index is -0.424. The van der Waals surface area contributed by atoms with Crippen LogP contribution in [0.5, 0.6) is 5.75 Å². The topological polar surface area (TPSA) is 87.2 Å². The smallest absolute Gasteiger partial charge is 0.248 e. The van der Waals surface area contributed by atoms with Crippen LogP contribution in [0.3, 0.4) is 0 Å². The van der Waals surface area contributed by atoms with E-state index in [4.69, 9.17) is 16.2 Å². The van der Waals surface area contributed by atoms with Gasteiger partial charge >= 0.3 is 0 Å². The van der Waals surface area contributed by atoms with E-state index in [2.05, 4.69) is 47.8 Å². The SMILES string of the molecule is N=Cc1ccc(Br)cc1O.NC(=O)c1cc(Br)cc(Br)c1. The first-order valence-electron chi connectivity index (χ1n) is 5.58. The van der Waals surface area contributed by atoms with E-state index < -0.39 is 5.91 Å². The number of benzene rings is 2. The van der Waals surface area contributed by atoms with Crippen LogP contribution in [0, 0.1) is 5.41 Å². The first kappa shape index (κ1) is 17.9. The van der Waals surface area contributed by atoms with E-state index in [0.29, 0.717) is 11.1 Å². The van der Waals surface area contributed by atoms with Crippen molar-refractivity contribution in [3.63, 3.8) is 0 Å². The van der Waals surface area contributed by atoms with Crippen LogP contribution in [0.4, 0.5) is 0 Å². The summed E-state index contributed by atoms with van der Waals surface area (Å²) in [5, 5.41) is 16.0. The number of carbonyl (C=O) groups is 1. The molecule has 0 aliphatic rings. The van der Waals surface area contributed by atoms with E-state index >= 15 is 0 Å². The van der Waals surface area contributed by atoms with E-state index in [9.17, 15) is 4.79 Å². The number of phenols is 1. The van der Waals surface area contributed by atoms with Gasteiger partial charge in [0.1, 0.15) is 5.75 Å². The Morgan fingerprint density at radius 3 is 2.05 bits per heavy atom. The zero-order valence-electron chi connectivity index (χ0n) is 10.6. The van der Waals surface area contributed by atoms with E-state index in [1.165, 1.54) is 0 Å². The van der Waals surface area contributed by atoms with Gasteiger partial charge in [0.2, 0.25) is 5.91 Å². The molecule has 0 heterocycles. The summed E-state index contributed by atoms with van der Waals surface area (Å²) in [6.07, 6.45) is 1.11. The molecule has 0 spiro atoms.